The number of imidazole rings is 2. The first-order valence-corrected chi connectivity index (χ1v) is 6.84. The predicted octanol–water partition coefficient (Wildman–Crippen LogP) is 2.15. The standard InChI is InChI=1S/C15H20N4/c1-4-11-5-6-13-14(9-11)19-10-12(7-8-16-2)18(3)15(19)17-13/h5-6,9-10,16H,4,7-8H2,1-3H3. The van der Waals surface area contributed by atoms with Crippen LogP contribution in [0.1, 0.15) is 18.2 Å². The highest BCUT2D eigenvalue weighted by Crippen LogP contribution is 2.20. The number of aromatic nitrogens is 3. The lowest BCUT2D eigenvalue weighted by Crippen LogP contribution is -2.12. The Morgan fingerprint density at radius 2 is 2.16 bits per heavy atom. The molecular formula is C15H20N4. The van der Waals surface area contributed by atoms with Crippen molar-refractivity contribution in [3.8, 4) is 0 Å². The maximum atomic E-state index is 4.72. The molecule has 2 aromatic heterocycles. The molecule has 0 radical (unpaired) electrons. The van der Waals surface area contributed by atoms with E-state index in [9.17, 15) is 0 Å². The highest BCUT2D eigenvalue weighted by atomic mass is 15.2. The Balaban J connectivity index is 2.18. The molecule has 4 nitrogen and oxygen atoms in total. The Hall–Kier alpha value is -1.81. The topological polar surface area (TPSA) is 34.3 Å². The predicted molar refractivity (Wildman–Crippen MR) is 78.7 cm³/mol. The SMILES string of the molecule is CCc1ccc2nc3n(C)c(CCNC)cn3c2c1. The molecule has 1 aromatic carbocycles. The van der Waals surface area contributed by atoms with Crippen molar-refractivity contribution in [3.05, 3.63) is 35.7 Å². The van der Waals surface area contributed by atoms with Crippen molar-refractivity contribution in [1.29, 1.82) is 0 Å². The summed E-state index contributed by atoms with van der Waals surface area (Å²) >= 11 is 0. The van der Waals surface area contributed by atoms with Gasteiger partial charge in [-0.2, -0.15) is 0 Å². The molecule has 0 aliphatic rings. The number of nitrogens with zero attached hydrogens (tertiary/aromatic N) is 3. The van der Waals surface area contributed by atoms with Crippen LogP contribution in [0.2, 0.25) is 0 Å². The number of likely N-dealkylation sites (N-methyl/N-ethyl adjacent to an activating group) is 1. The van der Waals surface area contributed by atoms with Crippen LogP contribution >= 0.6 is 0 Å². The molecule has 0 atom stereocenters. The van der Waals surface area contributed by atoms with Gasteiger partial charge in [0.15, 0.2) is 0 Å². The van der Waals surface area contributed by atoms with E-state index in [1.54, 1.807) is 0 Å². The molecule has 4 heteroatoms. The van der Waals surface area contributed by atoms with Crippen LogP contribution in [0.3, 0.4) is 0 Å². The van der Waals surface area contributed by atoms with Gasteiger partial charge in [0.1, 0.15) is 0 Å². The Morgan fingerprint density at radius 1 is 1.32 bits per heavy atom. The van der Waals surface area contributed by atoms with Gasteiger partial charge >= 0.3 is 0 Å². The van der Waals surface area contributed by atoms with Crippen LogP contribution in [0.4, 0.5) is 0 Å². The van der Waals surface area contributed by atoms with Gasteiger partial charge in [-0.05, 0) is 31.2 Å². The monoisotopic (exact) mass is 256 g/mol. The number of fused-ring (bicyclic) bond motifs is 3. The molecule has 2 heterocycles. The molecule has 0 amide bonds. The van der Waals surface area contributed by atoms with Gasteiger partial charge in [-0.15, -0.1) is 0 Å². The van der Waals surface area contributed by atoms with Crippen molar-refractivity contribution >= 4 is 16.8 Å². The van der Waals surface area contributed by atoms with Crippen LogP contribution < -0.4 is 5.32 Å². The average molecular weight is 256 g/mol. The number of nitrogens with one attached hydrogen (secondary N) is 1. The molecule has 0 fully saturated rings. The minimum atomic E-state index is 0.985. The number of aryl methyl sites for hydroxylation is 2. The Morgan fingerprint density at radius 3 is 2.89 bits per heavy atom. The van der Waals surface area contributed by atoms with Crippen molar-refractivity contribution < 1.29 is 0 Å². The smallest absolute Gasteiger partial charge is 0.214 e. The van der Waals surface area contributed by atoms with Crippen LogP contribution in [0.5, 0.6) is 0 Å². The van der Waals surface area contributed by atoms with E-state index in [1.807, 2.05) is 7.05 Å². The third-order valence-corrected chi connectivity index (χ3v) is 3.78. The molecule has 19 heavy (non-hydrogen) atoms. The quantitative estimate of drug-likeness (QED) is 0.776. The van der Waals surface area contributed by atoms with E-state index in [0.717, 1.165) is 30.7 Å². The van der Waals surface area contributed by atoms with E-state index in [-0.39, 0.29) is 0 Å². The summed E-state index contributed by atoms with van der Waals surface area (Å²) < 4.78 is 4.39. The zero-order valence-corrected chi connectivity index (χ0v) is 11.8. The minimum absolute atomic E-state index is 0.985. The number of hydrogen-bond acceptors (Lipinski definition) is 2. The zero-order valence-electron chi connectivity index (χ0n) is 11.8. The second kappa shape index (κ2) is 4.70. The summed E-state index contributed by atoms with van der Waals surface area (Å²) in [5.74, 6) is 1.02. The summed E-state index contributed by atoms with van der Waals surface area (Å²) in [6, 6.07) is 6.53. The lowest BCUT2D eigenvalue weighted by atomic mass is 10.1. The summed E-state index contributed by atoms with van der Waals surface area (Å²) in [5.41, 5.74) is 4.94. The summed E-state index contributed by atoms with van der Waals surface area (Å²) in [6.45, 7) is 3.17. The van der Waals surface area contributed by atoms with Gasteiger partial charge in [0.25, 0.3) is 0 Å². The maximum absolute atomic E-state index is 4.72. The molecule has 0 unspecified atom stereocenters. The molecule has 0 bridgehead atoms. The molecule has 0 spiro atoms. The van der Waals surface area contributed by atoms with Gasteiger partial charge in [0.05, 0.1) is 11.0 Å². The minimum Gasteiger partial charge on any atom is -0.319 e. The van der Waals surface area contributed by atoms with Crippen molar-refractivity contribution in [2.24, 2.45) is 7.05 Å². The largest absolute Gasteiger partial charge is 0.319 e. The Bertz CT molecular complexity index is 720. The first kappa shape index (κ1) is 12.2. The van der Waals surface area contributed by atoms with Crippen molar-refractivity contribution in [2.75, 3.05) is 13.6 Å². The first-order valence-electron chi connectivity index (χ1n) is 6.84. The summed E-state index contributed by atoms with van der Waals surface area (Å²) in [6.07, 6.45) is 4.29. The maximum Gasteiger partial charge on any atom is 0.214 e. The van der Waals surface area contributed by atoms with E-state index >= 15 is 0 Å². The van der Waals surface area contributed by atoms with E-state index in [4.69, 9.17) is 4.98 Å². The van der Waals surface area contributed by atoms with Gasteiger partial charge in [0.2, 0.25) is 5.78 Å². The lowest BCUT2D eigenvalue weighted by molar-refractivity contribution is 0.744. The summed E-state index contributed by atoms with van der Waals surface area (Å²) in [4.78, 5) is 4.72. The fourth-order valence-corrected chi connectivity index (χ4v) is 2.56. The van der Waals surface area contributed by atoms with E-state index < -0.39 is 0 Å². The number of hydrogen-bond donors (Lipinski definition) is 1. The van der Waals surface area contributed by atoms with Gasteiger partial charge in [-0.1, -0.05) is 13.0 Å². The van der Waals surface area contributed by atoms with Gasteiger partial charge in [0, 0.05) is 31.9 Å². The average Bonchev–Trinajstić information content (AvgIpc) is 2.93. The van der Waals surface area contributed by atoms with Crippen molar-refractivity contribution in [3.63, 3.8) is 0 Å². The second-order valence-corrected chi connectivity index (χ2v) is 4.99. The lowest BCUT2D eigenvalue weighted by Gasteiger charge is -2.01. The molecule has 0 aliphatic heterocycles. The third kappa shape index (κ3) is 1.92. The number of rotatable bonds is 4. The van der Waals surface area contributed by atoms with Crippen LogP contribution in [-0.4, -0.2) is 27.5 Å². The second-order valence-electron chi connectivity index (χ2n) is 4.99. The zero-order chi connectivity index (χ0) is 13.4. The fourth-order valence-electron chi connectivity index (χ4n) is 2.56. The molecular weight excluding hydrogens is 236 g/mol. The first-order chi connectivity index (χ1) is 9.24. The normalized spacial score (nSPS) is 11.7. The highest BCUT2D eigenvalue weighted by Gasteiger charge is 2.11. The van der Waals surface area contributed by atoms with Gasteiger partial charge < -0.3 is 9.88 Å². The molecule has 0 saturated carbocycles. The fraction of sp³-hybridized carbons (Fsp3) is 0.400. The Kier molecular flexibility index (Phi) is 3.03. The van der Waals surface area contributed by atoms with Crippen LogP contribution in [-0.2, 0) is 19.9 Å². The van der Waals surface area contributed by atoms with Crippen LogP contribution in [0.25, 0.3) is 16.8 Å². The van der Waals surface area contributed by atoms with Crippen molar-refractivity contribution in [1.82, 2.24) is 19.3 Å². The highest BCUT2D eigenvalue weighted by molar-refractivity contribution is 5.80. The van der Waals surface area contributed by atoms with Crippen LogP contribution in [0, 0.1) is 0 Å². The van der Waals surface area contributed by atoms with E-state index in [0.29, 0.717) is 0 Å². The van der Waals surface area contributed by atoms with Gasteiger partial charge in [-0.25, -0.2) is 4.98 Å². The van der Waals surface area contributed by atoms with E-state index in [2.05, 4.69) is 52.7 Å². The molecule has 0 aliphatic carbocycles. The molecule has 3 rings (SSSR count). The van der Waals surface area contributed by atoms with E-state index in [1.165, 1.54) is 16.8 Å². The molecule has 0 saturated heterocycles. The van der Waals surface area contributed by atoms with Crippen molar-refractivity contribution in [2.45, 2.75) is 19.8 Å². The summed E-state index contributed by atoms with van der Waals surface area (Å²) in [7, 11) is 4.07. The molecule has 1 N–H and O–H groups in total. The molecule has 3 aromatic rings. The van der Waals surface area contributed by atoms with Gasteiger partial charge in [-0.3, -0.25) is 4.40 Å². The van der Waals surface area contributed by atoms with Crippen LogP contribution in [0.15, 0.2) is 24.4 Å². The molecule has 100 valence electrons. The third-order valence-electron chi connectivity index (χ3n) is 3.78. The Labute approximate surface area is 113 Å². The number of benzene rings is 1. The summed E-state index contributed by atoms with van der Waals surface area (Å²) in [5, 5.41) is 3.19.